The molecule has 0 fully saturated rings. The van der Waals surface area contributed by atoms with Gasteiger partial charge in [-0.05, 0) is 102 Å². The Kier molecular flexibility index (Phi) is 5.31. The topological polar surface area (TPSA) is 8.17 Å². The zero-order valence-electron chi connectivity index (χ0n) is 30.4. The summed E-state index contributed by atoms with van der Waals surface area (Å²) in [6.07, 6.45) is 0. The van der Waals surface area contributed by atoms with Gasteiger partial charge >= 0.3 is 6.85 Å². The third-order valence-electron chi connectivity index (χ3n) is 13.5. The van der Waals surface area contributed by atoms with Crippen molar-refractivity contribution in [2.75, 3.05) is 4.81 Å². The Labute approximate surface area is 324 Å². The summed E-state index contributed by atoms with van der Waals surface area (Å²) in [5, 5.41) is 5.14. The van der Waals surface area contributed by atoms with Crippen molar-refractivity contribution in [3.8, 4) is 39.1 Å². The maximum Gasteiger partial charge on any atom is 0.333 e. The van der Waals surface area contributed by atoms with E-state index >= 15 is 0 Å². The molecule has 4 aliphatic rings. The van der Waals surface area contributed by atoms with Crippen LogP contribution in [0.3, 0.4) is 0 Å². The fourth-order valence-corrected chi connectivity index (χ4v) is 11.5. The molecule has 1 aromatic heterocycles. The number of nitrogens with zero attached hydrogens (tertiary/aromatic N) is 2. The van der Waals surface area contributed by atoms with E-state index in [1.165, 1.54) is 116 Å². The van der Waals surface area contributed by atoms with E-state index in [4.69, 9.17) is 0 Å². The average molecular weight is 707 g/mol. The van der Waals surface area contributed by atoms with Crippen LogP contribution in [0.25, 0.3) is 71.6 Å². The van der Waals surface area contributed by atoms with Crippen molar-refractivity contribution in [1.29, 1.82) is 0 Å². The van der Waals surface area contributed by atoms with Crippen LogP contribution < -0.4 is 15.7 Å². The minimum atomic E-state index is -0.460. The van der Waals surface area contributed by atoms with Crippen LogP contribution in [0.5, 0.6) is 0 Å². The van der Waals surface area contributed by atoms with Crippen molar-refractivity contribution in [2.24, 2.45) is 0 Å². The molecule has 14 rings (SSSR count). The molecule has 0 saturated carbocycles. The molecule has 0 N–H and O–H groups in total. The first-order valence-electron chi connectivity index (χ1n) is 19.7. The molecular weight excluding hydrogens is 675 g/mol. The van der Waals surface area contributed by atoms with Gasteiger partial charge in [-0.1, -0.05) is 158 Å². The monoisotopic (exact) mass is 706 g/mol. The number of aromatic nitrogens is 1. The second kappa shape index (κ2) is 10.1. The third kappa shape index (κ3) is 3.31. The van der Waals surface area contributed by atoms with Crippen molar-refractivity contribution in [3.63, 3.8) is 0 Å². The molecule has 0 amide bonds. The molecular formula is C53H31BN2. The smallest absolute Gasteiger partial charge is 0.333 e. The lowest BCUT2D eigenvalue weighted by Crippen LogP contribution is -2.62. The molecule has 1 aliphatic carbocycles. The van der Waals surface area contributed by atoms with Crippen LogP contribution in [0.1, 0.15) is 22.3 Å². The summed E-state index contributed by atoms with van der Waals surface area (Å²) in [7, 11) is 0. The van der Waals surface area contributed by atoms with E-state index in [2.05, 4.69) is 197 Å². The lowest BCUT2D eigenvalue weighted by Gasteiger charge is -2.51. The Morgan fingerprint density at radius 2 is 1.05 bits per heavy atom. The molecule has 1 spiro atoms. The maximum absolute atomic E-state index is 2.73. The minimum absolute atomic E-state index is 0.0289. The van der Waals surface area contributed by atoms with Gasteiger partial charge in [-0.25, -0.2) is 0 Å². The molecule has 10 aromatic rings. The van der Waals surface area contributed by atoms with E-state index in [0.717, 1.165) is 0 Å². The van der Waals surface area contributed by atoms with Gasteiger partial charge in [0.05, 0.1) is 16.4 Å². The molecule has 0 saturated heterocycles. The molecule has 3 aliphatic heterocycles. The molecule has 0 radical (unpaired) electrons. The summed E-state index contributed by atoms with van der Waals surface area (Å²) in [6, 6.07) is 71.3. The van der Waals surface area contributed by atoms with Crippen molar-refractivity contribution < 1.29 is 0 Å². The molecule has 0 unspecified atom stereocenters. The number of para-hydroxylation sites is 3. The Morgan fingerprint density at radius 1 is 0.411 bits per heavy atom. The largest absolute Gasteiger partial charge is 0.376 e. The first-order chi connectivity index (χ1) is 27.8. The molecule has 9 aromatic carbocycles. The summed E-state index contributed by atoms with van der Waals surface area (Å²) in [5.41, 5.74) is 21.9. The lowest BCUT2D eigenvalue weighted by atomic mass is 9.42. The van der Waals surface area contributed by atoms with Gasteiger partial charge in [0, 0.05) is 33.4 Å². The first kappa shape index (κ1) is 29.3. The van der Waals surface area contributed by atoms with Crippen LogP contribution in [0.2, 0.25) is 0 Å². The predicted molar refractivity (Wildman–Crippen MR) is 234 cm³/mol. The highest BCUT2D eigenvalue weighted by atomic mass is 15.1. The molecule has 0 atom stereocenters. The molecule has 3 heteroatoms. The minimum Gasteiger partial charge on any atom is -0.376 e. The van der Waals surface area contributed by atoms with Crippen molar-refractivity contribution in [3.05, 3.63) is 210 Å². The predicted octanol–water partition coefficient (Wildman–Crippen LogP) is 11.5. The summed E-state index contributed by atoms with van der Waals surface area (Å²) in [5.74, 6) is 0. The molecule has 56 heavy (non-hydrogen) atoms. The quantitative estimate of drug-likeness (QED) is 0.154. The highest BCUT2D eigenvalue weighted by Crippen LogP contribution is 2.64. The van der Waals surface area contributed by atoms with E-state index in [-0.39, 0.29) is 6.85 Å². The van der Waals surface area contributed by atoms with Gasteiger partial charge in [-0.15, -0.1) is 0 Å². The van der Waals surface area contributed by atoms with Crippen LogP contribution in [0, 0.1) is 0 Å². The molecule has 2 nitrogen and oxygen atoms in total. The Balaban J connectivity index is 1.18. The van der Waals surface area contributed by atoms with E-state index in [1.54, 1.807) is 0 Å². The summed E-state index contributed by atoms with van der Waals surface area (Å²) in [4.78, 5) is 2.73. The zero-order valence-corrected chi connectivity index (χ0v) is 30.4. The average Bonchev–Trinajstić information content (AvgIpc) is 3.75. The SMILES string of the molecule is c1ccc(-c2cc3c4c(c2)-n2c5cc6ccccc6cc5c5cccc(c52)B4N2c4ccccc4C4(c5ccccc5-c5ccccc54)c4cccc-3c42)cc1. The van der Waals surface area contributed by atoms with Crippen LogP contribution in [-0.2, 0) is 5.41 Å². The van der Waals surface area contributed by atoms with Gasteiger partial charge in [-0.3, -0.25) is 0 Å². The van der Waals surface area contributed by atoms with E-state index in [0.29, 0.717) is 0 Å². The summed E-state index contributed by atoms with van der Waals surface area (Å²) >= 11 is 0. The Morgan fingerprint density at radius 3 is 1.86 bits per heavy atom. The summed E-state index contributed by atoms with van der Waals surface area (Å²) < 4.78 is 2.60. The second-order valence-electron chi connectivity index (χ2n) is 16.0. The van der Waals surface area contributed by atoms with Crippen molar-refractivity contribution in [1.82, 2.24) is 4.57 Å². The van der Waals surface area contributed by atoms with Gasteiger partial charge in [0.25, 0.3) is 0 Å². The number of hydrogen-bond acceptors (Lipinski definition) is 1. The van der Waals surface area contributed by atoms with Gasteiger partial charge in [0.15, 0.2) is 0 Å². The second-order valence-corrected chi connectivity index (χ2v) is 16.0. The van der Waals surface area contributed by atoms with Gasteiger partial charge in [0.1, 0.15) is 0 Å². The molecule has 256 valence electrons. The number of hydrogen-bond donors (Lipinski definition) is 0. The van der Waals surface area contributed by atoms with E-state index < -0.39 is 5.41 Å². The van der Waals surface area contributed by atoms with E-state index in [1.807, 2.05) is 0 Å². The highest BCUT2D eigenvalue weighted by molar-refractivity contribution is 6.93. The summed E-state index contributed by atoms with van der Waals surface area (Å²) in [6.45, 7) is -0.0289. The maximum atomic E-state index is 2.73. The normalized spacial score (nSPS) is 14.5. The van der Waals surface area contributed by atoms with Crippen LogP contribution in [0.4, 0.5) is 11.4 Å². The van der Waals surface area contributed by atoms with Crippen LogP contribution in [0.15, 0.2) is 188 Å². The lowest BCUT2D eigenvalue weighted by molar-refractivity contribution is 0.756. The number of anilines is 2. The van der Waals surface area contributed by atoms with E-state index in [9.17, 15) is 0 Å². The van der Waals surface area contributed by atoms with Crippen molar-refractivity contribution >= 4 is 61.7 Å². The van der Waals surface area contributed by atoms with Gasteiger partial charge in [0.2, 0.25) is 0 Å². The van der Waals surface area contributed by atoms with Gasteiger partial charge < -0.3 is 9.38 Å². The number of fused-ring (bicyclic) bond motifs is 17. The fraction of sp³-hybridized carbons (Fsp3) is 0.0189. The molecule has 4 heterocycles. The van der Waals surface area contributed by atoms with Crippen LogP contribution >= 0.6 is 0 Å². The number of benzene rings is 9. The fourth-order valence-electron chi connectivity index (χ4n) is 11.5. The highest BCUT2D eigenvalue weighted by Gasteiger charge is 2.55. The number of rotatable bonds is 1. The Hall–Kier alpha value is -7.10. The first-order valence-corrected chi connectivity index (χ1v) is 19.7. The van der Waals surface area contributed by atoms with Crippen molar-refractivity contribution in [2.45, 2.75) is 5.41 Å². The molecule has 0 bridgehead atoms. The third-order valence-corrected chi connectivity index (χ3v) is 13.5. The van der Waals surface area contributed by atoms with Gasteiger partial charge in [-0.2, -0.15) is 0 Å². The Bertz CT molecular complexity index is 3350. The zero-order chi connectivity index (χ0) is 36.3. The standard InChI is InChI=1S/C53H31BN2/c1-2-14-32(15-3-1)35-29-41-39-20-12-25-45-51(39)56(47-27-11-10-24-44(47)53(45)42-22-8-6-18-36(42)37-19-7-9-23-43(37)53)54-46-26-13-21-38-40-28-33-16-4-5-17-34(33)30-48(40)55(52(38)46)49(31-35)50(41)54/h1-31H. The van der Waals surface area contributed by atoms with Crippen LogP contribution in [-0.4, -0.2) is 11.4 Å².